The maximum Gasteiger partial charge on any atom is 0.337 e. The summed E-state index contributed by atoms with van der Waals surface area (Å²) < 4.78 is 15.0. The molecule has 1 aromatic carbocycles. The Kier molecular flexibility index (Phi) is 3.72. The van der Waals surface area contributed by atoms with Gasteiger partial charge in [0.25, 0.3) is 0 Å². The van der Waals surface area contributed by atoms with E-state index in [0.717, 1.165) is 6.07 Å². The van der Waals surface area contributed by atoms with Gasteiger partial charge < -0.3 is 5.11 Å². The zero-order chi connectivity index (χ0) is 16.0. The second kappa shape index (κ2) is 5.43. The molecule has 0 amide bonds. The van der Waals surface area contributed by atoms with Crippen molar-refractivity contribution in [2.45, 2.75) is 0 Å². The minimum Gasteiger partial charge on any atom is -0.478 e. The Morgan fingerprint density at radius 2 is 1.86 bits per heavy atom. The Morgan fingerprint density at radius 1 is 1.14 bits per heavy atom. The van der Waals surface area contributed by atoms with Crippen LogP contribution in [0.3, 0.4) is 0 Å². The van der Waals surface area contributed by atoms with E-state index in [9.17, 15) is 9.18 Å². The lowest BCUT2D eigenvalue weighted by molar-refractivity contribution is 0.0696. The fraction of sp³-hybridized carbons (Fsp3) is 0. The molecular weight excluding hydrogens is 354 g/mol. The second-order valence-electron chi connectivity index (χ2n) is 4.48. The van der Waals surface area contributed by atoms with Gasteiger partial charge in [0.05, 0.1) is 38.0 Å². The van der Waals surface area contributed by atoms with Crippen LogP contribution in [0.4, 0.5) is 4.39 Å². The highest BCUT2D eigenvalue weighted by molar-refractivity contribution is 6.44. The Balaban J connectivity index is 2.32. The molecule has 0 fully saturated rings. The Labute approximate surface area is 138 Å². The topological polar surface area (TPSA) is 54.6 Å². The number of fused-ring (bicyclic) bond motifs is 1. The van der Waals surface area contributed by atoms with Crippen LogP contribution in [0.25, 0.3) is 16.8 Å². The largest absolute Gasteiger partial charge is 0.478 e. The summed E-state index contributed by atoms with van der Waals surface area (Å²) in [6.07, 6.45) is 1.17. The molecular formula is C14H6Cl3FN2O2. The van der Waals surface area contributed by atoms with Gasteiger partial charge in [-0.3, -0.25) is 0 Å². The number of hydrogen-bond acceptors (Lipinski definition) is 2. The molecule has 4 nitrogen and oxygen atoms in total. The van der Waals surface area contributed by atoms with E-state index in [1.165, 1.54) is 28.9 Å². The van der Waals surface area contributed by atoms with Crippen molar-refractivity contribution in [3.8, 4) is 11.3 Å². The molecule has 3 aromatic rings. The van der Waals surface area contributed by atoms with Crippen LogP contribution in [0.5, 0.6) is 0 Å². The molecule has 0 bridgehead atoms. The number of carboxylic acids is 1. The molecule has 0 atom stereocenters. The highest BCUT2D eigenvalue weighted by atomic mass is 35.5. The molecule has 0 aliphatic heterocycles. The Bertz CT molecular complexity index is 924. The van der Waals surface area contributed by atoms with Crippen LogP contribution in [-0.4, -0.2) is 20.7 Å². The first-order chi connectivity index (χ1) is 10.4. The fourth-order valence-corrected chi connectivity index (χ4v) is 2.82. The highest BCUT2D eigenvalue weighted by Crippen LogP contribution is 2.39. The van der Waals surface area contributed by atoms with Gasteiger partial charge in [0.2, 0.25) is 0 Å². The number of carboxylic acid groups (broad SMARTS) is 1. The lowest BCUT2D eigenvalue weighted by Gasteiger charge is -2.08. The third-order valence-electron chi connectivity index (χ3n) is 3.07. The summed E-state index contributed by atoms with van der Waals surface area (Å²) in [5, 5.41) is 13.4. The zero-order valence-corrected chi connectivity index (χ0v) is 12.9. The van der Waals surface area contributed by atoms with E-state index in [2.05, 4.69) is 5.10 Å². The van der Waals surface area contributed by atoms with Crippen LogP contribution >= 0.6 is 34.8 Å². The van der Waals surface area contributed by atoms with E-state index in [1.807, 2.05) is 0 Å². The lowest BCUT2D eigenvalue weighted by Crippen LogP contribution is -2.01. The smallest absolute Gasteiger partial charge is 0.337 e. The van der Waals surface area contributed by atoms with Crippen molar-refractivity contribution < 1.29 is 14.3 Å². The number of nitrogens with zero attached hydrogens (tertiary/aromatic N) is 2. The number of hydrogen-bond donors (Lipinski definition) is 1. The van der Waals surface area contributed by atoms with Crippen LogP contribution in [0, 0.1) is 5.82 Å². The molecule has 0 unspecified atom stereocenters. The van der Waals surface area contributed by atoms with Gasteiger partial charge in [-0.05, 0) is 24.3 Å². The Morgan fingerprint density at radius 3 is 2.55 bits per heavy atom. The van der Waals surface area contributed by atoms with Gasteiger partial charge in [-0.15, -0.1) is 0 Å². The fourth-order valence-electron chi connectivity index (χ4n) is 2.12. The summed E-state index contributed by atoms with van der Waals surface area (Å²) in [4.78, 5) is 11.0. The third-order valence-corrected chi connectivity index (χ3v) is 4.16. The summed E-state index contributed by atoms with van der Waals surface area (Å²) in [6, 6.07) is 5.20. The van der Waals surface area contributed by atoms with Crippen molar-refractivity contribution in [3.63, 3.8) is 0 Å². The van der Waals surface area contributed by atoms with Gasteiger partial charge in [-0.25, -0.2) is 13.7 Å². The molecule has 8 heteroatoms. The third kappa shape index (κ3) is 2.41. The molecule has 0 spiro atoms. The van der Waals surface area contributed by atoms with Gasteiger partial charge in [0.1, 0.15) is 5.82 Å². The number of rotatable bonds is 2. The quantitative estimate of drug-likeness (QED) is 0.669. The van der Waals surface area contributed by atoms with Crippen LogP contribution in [-0.2, 0) is 0 Å². The van der Waals surface area contributed by atoms with Crippen LogP contribution in [0.1, 0.15) is 10.4 Å². The minimum atomic E-state index is -1.11. The first-order valence-corrected chi connectivity index (χ1v) is 7.07. The molecule has 2 heterocycles. The molecule has 3 rings (SSSR count). The summed E-state index contributed by atoms with van der Waals surface area (Å²) in [5.41, 5.74) is 1.06. The summed E-state index contributed by atoms with van der Waals surface area (Å²) >= 11 is 18.2. The first-order valence-electron chi connectivity index (χ1n) is 5.94. The zero-order valence-electron chi connectivity index (χ0n) is 10.6. The van der Waals surface area contributed by atoms with Gasteiger partial charge >= 0.3 is 5.97 Å². The van der Waals surface area contributed by atoms with Crippen molar-refractivity contribution in [1.82, 2.24) is 9.61 Å². The van der Waals surface area contributed by atoms with Crippen molar-refractivity contribution in [3.05, 3.63) is 56.9 Å². The maximum atomic E-state index is 13.6. The van der Waals surface area contributed by atoms with E-state index in [0.29, 0.717) is 11.2 Å². The van der Waals surface area contributed by atoms with Crippen molar-refractivity contribution in [1.29, 1.82) is 0 Å². The van der Waals surface area contributed by atoms with E-state index < -0.39 is 11.8 Å². The van der Waals surface area contributed by atoms with Crippen LogP contribution in [0.15, 0.2) is 30.5 Å². The number of aromatic carboxylic acids is 1. The molecule has 22 heavy (non-hydrogen) atoms. The normalized spacial score (nSPS) is 11.1. The average molecular weight is 360 g/mol. The summed E-state index contributed by atoms with van der Waals surface area (Å²) in [7, 11) is 0. The highest BCUT2D eigenvalue weighted by Gasteiger charge is 2.18. The van der Waals surface area contributed by atoms with Crippen molar-refractivity contribution >= 4 is 46.3 Å². The van der Waals surface area contributed by atoms with Gasteiger partial charge in [0, 0.05) is 5.56 Å². The molecule has 1 N–H and O–H groups in total. The van der Waals surface area contributed by atoms with Gasteiger partial charge in [-0.2, -0.15) is 5.10 Å². The number of aromatic nitrogens is 2. The standard InChI is InChI=1S/C14H6Cl3FN2O2/c15-10-3-7(18)2-9(12(10)17)13-11(16)4-8-1-6(14(21)22)5-19-20(8)13/h1-5H,(H,21,22). The first kappa shape index (κ1) is 15.1. The number of benzene rings is 1. The molecule has 112 valence electrons. The number of carbonyl (C=O) groups is 1. The summed E-state index contributed by atoms with van der Waals surface area (Å²) in [6.45, 7) is 0. The number of halogens is 4. The Hall–Kier alpha value is -1.82. The van der Waals surface area contributed by atoms with Crippen LogP contribution < -0.4 is 0 Å². The minimum absolute atomic E-state index is 0.0107. The van der Waals surface area contributed by atoms with Crippen molar-refractivity contribution in [2.24, 2.45) is 0 Å². The van der Waals surface area contributed by atoms with E-state index in [-0.39, 0.29) is 26.2 Å². The average Bonchev–Trinajstić information content (AvgIpc) is 2.77. The molecule has 0 aliphatic rings. The van der Waals surface area contributed by atoms with Gasteiger partial charge in [0.15, 0.2) is 0 Å². The van der Waals surface area contributed by atoms with E-state index in [1.54, 1.807) is 0 Å². The van der Waals surface area contributed by atoms with Crippen molar-refractivity contribution in [2.75, 3.05) is 0 Å². The predicted molar refractivity (Wildman–Crippen MR) is 82.6 cm³/mol. The monoisotopic (exact) mass is 358 g/mol. The maximum absolute atomic E-state index is 13.6. The van der Waals surface area contributed by atoms with Crippen LogP contribution in [0.2, 0.25) is 15.1 Å². The lowest BCUT2D eigenvalue weighted by atomic mass is 10.1. The summed E-state index contributed by atoms with van der Waals surface area (Å²) in [5.74, 6) is -1.68. The molecule has 0 radical (unpaired) electrons. The van der Waals surface area contributed by atoms with Gasteiger partial charge in [-0.1, -0.05) is 34.8 Å². The molecule has 2 aromatic heterocycles. The molecule has 0 saturated carbocycles. The van der Waals surface area contributed by atoms with E-state index in [4.69, 9.17) is 39.9 Å². The van der Waals surface area contributed by atoms with E-state index >= 15 is 0 Å². The molecule has 0 aliphatic carbocycles. The second-order valence-corrected chi connectivity index (χ2v) is 5.67. The molecule has 0 saturated heterocycles. The predicted octanol–water partition coefficient (Wildman–Crippen LogP) is 4.80. The SMILES string of the molecule is O=C(O)c1cnn2c(-c3cc(F)cc(Cl)c3Cl)c(Cl)cc2c1.